The molecule has 4 aromatic rings. The summed E-state index contributed by atoms with van der Waals surface area (Å²) >= 11 is 0. The van der Waals surface area contributed by atoms with Gasteiger partial charge in [0.25, 0.3) is 0 Å². The Hall–Kier alpha value is -2.81. The Morgan fingerprint density at radius 1 is 0.800 bits per heavy atom. The Morgan fingerprint density at radius 3 is 2.50 bits per heavy atom. The molecule has 0 unspecified atom stereocenters. The molecular weight excluding hydrogens is 248 g/mol. The summed E-state index contributed by atoms with van der Waals surface area (Å²) < 4.78 is 5.83. The molecule has 0 amide bonds. The van der Waals surface area contributed by atoms with Crippen LogP contribution >= 0.6 is 0 Å². The predicted octanol–water partition coefficient (Wildman–Crippen LogP) is 4.72. The van der Waals surface area contributed by atoms with E-state index in [1.54, 1.807) is 0 Å². The monoisotopic (exact) mass is 260 g/mol. The Kier molecular flexibility index (Phi) is 2.42. The Morgan fingerprint density at radius 2 is 1.60 bits per heavy atom. The average Bonchev–Trinajstić information content (AvgIpc) is 2.86. The molecule has 0 aliphatic carbocycles. The quantitative estimate of drug-likeness (QED) is 0.566. The third-order valence-electron chi connectivity index (χ3n) is 3.28. The number of benzene rings is 2. The van der Waals surface area contributed by atoms with Gasteiger partial charge in [-0.3, -0.25) is 4.98 Å². The molecule has 2 aromatic heterocycles. The van der Waals surface area contributed by atoms with Crippen molar-refractivity contribution < 1.29 is 4.42 Å². The fourth-order valence-corrected chi connectivity index (χ4v) is 2.35. The summed E-state index contributed by atoms with van der Waals surface area (Å²) in [5.41, 5.74) is 4.52. The van der Waals surface area contributed by atoms with Crippen molar-refractivity contribution in [1.29, 1.82) is 0 Å². The SMILES string of the molecule is c1ccc(Nc2cnc3c(c2)oc2ccccc23)cc1. The van der Waals surface area contributed by atoms with Gasteiger partial charge in [0.05, 0.1) is 11.9 Å². The number of anilines is 2. The van der Waals surface area contributed by atoms with Crippen molar-refractivity contribution in [2.45, 2.75) is 0 Å². The number of pyridine rings is 1. The highest BCUT2D eigenvalue weighted by molar-refractivity contribution is 6.02. The number of nitrogens with zero attached hydrogens (tertiary/aromatic N) is 1. The van der Waals surface area contributed by atoms with E-state index in [9.17, 15) is 0 Å². The van der Waals surface area contributed by atoms with Gasteiger partial charge in [-0.05, 0) is 24.3 Å². The zero-order chi connectivity index (χ0) is 13.4. The summed E-state index contributed by atoms with van der Waals surface area (Å²) in [7, 11) is 0. The first kappa shape index (κ1) is 11.1. The first-order valence-electron chi connectivity index (χ1n) is 6.49. The van der Waals surface area contributed by atoms with Crippen LogP contribution in [0.4, 0.5) is 11.4 Å². The van der Waals surface area contributed by atoms with Crippen molar-refractivity contribution in [3.8, 4) is 0 Å². The molecule has 20 heavy (non-hydrogen) atoms. The second kappa shape index (κ2) is 4.38. The maximum atomic E-state index is 5.83. The minimum absolute atomic E-state index is 0.798. The molecule has 0 saturated heterocycles. The van der Waals surface area contributed by atoms with Crippen LogP contribution in [0.25, 0.3) is 22.1 Å². The fraction of sp³-hybridized carbons (Fsp3) is 0. The highest BCUT2D eigenvalue weighted by atomic mass is 16.3. The van der Waals surface area contributed by atoms with Crippen molar-refractivity contribution in [3.63, 3.8) is 0 Å². The summed E-state index contributed by atoms with van der Waals surface area (Å²) in [5.74, 6) is 0. The van der Waals surface area contributed by atoms with Crippen molar-refractivity contribution in [3.05, 3.63) is 66.9 Å². The number of para-hydroxylation sites is 2. The summed E-state index contributed by atoms with van der Waals surface area (Å²) in [6.07, 6.45) is 1.83. The molecule has 0 radical (unpaired) electrons. The van der Waals surface area contributed by atoms with Crippen LogP contribution in [0.1, 0.15) is 0 Å². The van der Waals surface area contributed by atoms with Crippen LogP contribution in [0.3, 0.4) is 0 Å². The van der Waals surface area contributed by atoms with Crippen LogP contribution < -0.4 is 5.32 Å². The van der Waals surface area contributed by atoms with Crippen LogP contribution in [0.15, 0.2) is 71.3 Å². The predicted molar refractivity (Wildman–Crippen MR) is 81.2 cm³/mol. The zero-order valence-corrected chi connectivity index (χ0v) is 10.7. The molecule has 0 atom stereocenters. The van der Waals surface area contributed by atoms with E-state index in [4.69, 9.17) is 4.42 Å². The van der Waals surface area contributed by atoms with Crippen LogP contribution in [-0.4, -0.2) is 4.98 Å². The largest absolute Gasteiger partial charge is 0.454 e. The average molecular weight is 260 g/mol. The maximum absolute atomic E-state index is 5.83. The summed E-state index contributed by atoms with van der Waals surface area (Å²) in [5, 5.41) is 4.37. The lowest BCUT2D eigenvalue weighted by Gasteiger charge is -2.04. The molecule has 1 N–H and O–H groups in total. The summed E-state index contributed by atoms with van der Waals surface area (Å²) in [4.78, 5) is 4.51. The van der Waals surface area contributed by atoms with E-state index >= 15 is 0 Å². The van der Waals surface area contributed by atoms with Crippen molar-refractivity contribution in [2.24, 2.45) is 0 Å². The normalized spacial score (nSPS) is 11.0. The molecule has 96 valence electrons. The van der Waals surface area contributed by atoms with Gasteiger partial charge >= 0.3 is 0 Å². The lowest BCUT2D eigenvalue weighted by molar-refractivity contribution is 0.668. The number of nitrogens with one attached hydrogen (secondary N) is 1. The minimum atomic E-state index is 0.798. The van der Waals surface area contributed by atoms with Gasteiger partial charge in [-0.1, -0.05) is 30.3 Å². The molecule has 2 aromatic carbocycles. The van der Waals surface area contributed by atoms with E-state index in [1.807, 2.05) is 66.9 Å². The van der Waals surface area contributed by atoms with Crippen molar-refractivity contribution in [2.75, 3.05) is 5.32 Å². The second-order valence-electron chi connectivity index (χ2n) is 4.66. The van der Waals surface area contributed by atoms with E-state index in [0.717, 1.165) is 33.4 Å². The molecule has 2 heterocycles. The highest BCUT2D eigenvalue weighted by Crippen LogP contribution is 2.29. The van der Waals surface area contributed by atoms with Gasteiger partial charge in [0, 0.05) is 17.1 Å². The summed E-state index contributed by atoms with van der Waals surface area (Å²) in [6.45, 7) is 0. The first-order valence-corrected chi connectivity index (χ1v) is 6.49. The van der Waals surface area contributed by atoms with E-state index in [-0.39, 0.29) is 0 Å². The molecule has 0 bridgehead atoms. The highest BCUT2D eigenvalue weighted by Gasteiger charge is 2.08. The fourth-order valence-electron chi connectivity index (χ4n) is 2.35. The van der Waals surface area contributed by atoms with E-state index in [0.29, 0.717) is 0 Å². The van der Waals surface area contributed by atoms with Crippen LogP contribution in [0.2, 0.25) is 0 Å². The maximum Gasteiger partial charge on any atom is 0.155 e. The second-order valence-corrected chi connectivity index (χ2v) is 4.66. The van der Waals surface area contributed by atoms with Crippen molar-refractivity contribution >= 4 is 33.4 Å². The van der Waals surface area contributed by atoms with E-state index < -0.39 is 0 Å². The molecule has 0 fully saturated rings. The Bertz CT molecular complexity index is 881. The zero-order valence-electron chi connectivity index (χ0n) is 10.7. The Balaban J connectivity index is 1.81. The number of hydrogen-bond acceptors (Lipinski definition) is 3. The molecular formula is C17H12N2O. The molecule has 3 heteroatoms. The molecule has 3 nitrogen and oxygen atoms in total. The lowest BCUT2D eigenvalue weighted by Crippen LogP contribution is -1.90. The van der Waals surface area contributed by atoms with Gasteiger partial charge in [0.1, 0.15) is 11.1 Å². The number of furan rings is 1. The minimum Gasteiger partial charge on any atom is -0.454 e. The third kappa shape index (κ3) is 1.80. The third-order valence-corrected chi connectivity index (χ3v) is 3.28. The van der Waals surface area contributed by atoms with Crippen LogP contribution in [0, 0.1) is 0 Å². The van der Waals surface area contributed by atoms with Gasteiger partial charge in [0.2, 0.25) is 0 Å². The topological polar surface area (TPSA) is 38.1 Å². The molecule has 0 saturated carbocycles. The van der Waals surface area contributed by atoms with Gasteiger partial charge < -0.3 is 9.73 Å². The van der Waals surface area contributed by atoms with E-state index in [2.05, 4.69) is 10.3 Å². The van der Waals surface area contributed by atoms with Gasteiger partial charge in [-0.15, -0.1) is 0 Å². The Labute approximate surface area is 115 Å². The van der Waals surface area contributed by atoms with Gasteiger partial charge in [-0.25, -0.2) is 0 Å². The van der Waals surface area contributed by atoms with Gasteiger partial charge in [-0.2, -0.15) is 0 Å². The van der Waals surface area contributed by atoms with Gasteiger partial charge in [0.15, 0.2) is 5.58 Å². The number of fused-ring (bicyclic) bond motifs is 3. The number of aromatic nitrogens is 1. The summed E-state index contributed by atoms with van der Waals surface area (Å²) in [6, 6.07) is 19.9. The smallest absolute Gasteiger partial charge is 0.155 e. The standard InChI is InChI=1S/C17H12N2O/c1-2-6-12(7-3-1)19-13-10-16-17(18-11-13)14-8-4-5-9-15(14)20-16/h1-11,19H. The van der Waals surface area contributed by atoms with Crippen LogP contribution in [-0.2, 0) is 0 Å². The molecule has 4 rings (SSSR count). The molecule has 0 aliphatic heterocycles. The number of rotatable bonds is 2. The molecule has 0 spiro atoms. The van der Waals surface area contributed by atoms with Crippen molar-refractivity contribution in [1.82, 2.24) is 4.98 Å². The van der Waals surface area contributed by atoms with Crippen LogP contribution in [0.5, 0.6) is 0 Å². The van der Waals surface area contributed by atoms with E-state index in [1.165, 1.54) is 0 Å². The molecule has 0 aliphatic rings. The first-order chi connectivity index (χ1) is 9.90. The number of hydrogen-bond donors (Lipinski definition) is 1. The lowest BCUT2D eigenvalue weighted by atomic mass is 10.2.